The summed E-state index contributed by atoms with van der Waals surface area (Å²) in [4.78, 5) is 3.21. The maximum atomic E-state index is 9.79. The maximum Gasteiger partial charge on any atom is 0.261 e. The minimum absolute atomic E-state index is 0.178. The smallest absolute Gasteiger partial charge is 0.261 e. The highest BCUT2D eigenvalue weighted by Crippen LogP contribution is 2.38. The Morgan fingerprint density at radius 1 is 0.731 bits per heavy atom. The molecular formula is C43H47N3O5Si. The molecule has 1 aliphatic heterocycles. The number of benzene rings is 5. The summed E-state index contributed by atoms with van der Waals surface area (Å²) in [5.41, 5.74) is 11.8. The fourth-order valence-electron chi connectivity index (χ4n) is 7.16. The van der Waals surface area contributed by atoms with Crippen LogP contribution >= 0.6 is 0 Å². The fraction of sp³-hybridized carbons (Fsp3) is 0.302. The highest BCUT2D eigenvalue weighted by Gasteiger charge is 2.53. The van der Waals surface area contributed by atoms with E-state index in [1.165, 1.54) is 0 Å². The molecule has 0 aliphatic carbocycles. The molecule has 268 valence electrons. The standard InChI is InChI=1S/C43H47N3O5Si/c1-5-27-47-42-39(45-46-44)41(49-29-32-17-9-6-10-18-32)40(48-30-33-25-26-34-19-15-16-20-35(34)28-33)38(51-42)31-50-52(43(2,3)4,36-21-11-7-12-22-36)37-23-13-8-14-24-37/h5-26,28,38-42H,1,27,29-31H2,2-4H3/t38-,39+,40-,41+,42+/m0/s1. The Kier molecular flexibility index (Phi) is 12.4. The number of nitrogens with zero attached hydrogens (tertiary/aromatic N) is 3. The second-order valence-corrected chi connectivity index (χ2v) is 18.4. The Labute approximate surface area is 307 Å². The summed E-state index contributed by atoms with van der Waals surface area (Å²) in [6.07, 6.45) is -1.35. The van der Waals surface area contributed by atoms with Crippen LogP contribution in [-0.2, 0) is 36.6 Å². The number of hydrogen-bond donors (Lipinski definition) is 0. The van der Waals surface area contributed by atoms with Crippen LogP contribution in [0.4, 0.5) is 0 Å². The van der Waals surface area contributed by atoms with Crippen LogP contribution in [0, 0.1) is 0 Å². The molecule has 0 N–H and O–H groups in total. The van der Waals surface area contributed by atoms with Crippen molar-refractivity contribution in [1.82, 2.24) is 0 Å². The minimum Gasteiger partial charge on any atom is -0.405 e. The third kappa shape index (κ3) is 8.38. The molecule has 0 saturated carbocycles. The van der Waals surface area contributed by atoms with Crippen molar-refractivity contribution in [3.05, 3.63) is 168 Å². The molecule has 0 bridgehead atoms. The molecule has 1 fully saturated rings. The summed E-state index contributed by atoms with van der Waals surface area (Å²) in [5, 5.41) is 8.51. The van der Waals surface area contributed by atoms with Crippen LogP contribution in [0.25, 0.3) is 21.2 Å². The Morgan fingerprint density at radius 3 is 1.92 bits per heavy atom. The first-order valence-electron chi connectivity index (χ1n) is 17.8. The average molecular weight is 714 g/mol. The lowest BCUT2D eigenvalue weighted by Gasteiger charge is -2.47. The van der Waals surface area contributed by atoms with Crippen LogP contribution in [0.2, 0.25) is 5.04 Å². The largest absolute Gasteiger partial charge is 0.405 e. The van der Waals surface area contributed by atoms with Gasteiger partial charge in [0.25, 0.3) is 8.32 Å². The topological polar surface area (TPSA) is 94.9 Å². The van der Waals surface area contributed by atoms with Gasteiger partial charge in [-0.3, -0.25) is 0 Å². The molecule has 9 heteroatoms. The van der Waals surface area contributed by atoms with Gasteiger partial charge in [-0.2, -0.15) is 0 Å². The van der Waals surface area contributed by atoms with Gasteiger partial charge in [0.1, 0.15) is 24.4 Å². The van der Waals surface area contributed by atoms with Gasteiger partial charge >= 0.3 is 0 Å². The summed E-state index contributed by atoms with van der Waals surface area (Å²) in [7, 11) is -2.97. The Morgan fingerprint density at radius 2 is 1.31 bits per heavy atom. The zero-order chi connectivity index (χ0) is 36.4. The fourth-order valence-corrected chi connectivity index (χ4v) is 11.7. The lowest BCUT2D eigenvalue weighted by molar-refractivity contribution is -0.280. The van der Waals surface area contributed by atoms with Crippen LogP contribution in [-0.4, -0.2) is 52.2 Å². The average Bonchev–Trinajstić information content (AvgIpc) is 3.17. The molecule has 0 spiro atoms. The number of ether oxygens (including phenoxy) is 4. The second-order valence-electron chi connectivity index (χ2n) is 14.1. The van der Waals surface area contributed by atoms with Gasteiger partial charge in [-0.05, 0) is 48.9 Å². The summed E-state index contributed by atoms with van der Waals surface area (Å²) in [6.45, 7) is 11.5. The zero-order valence-corrected chi connectivity index (χ0v) is 31.1. The molecule has 52 heavy (non-hydrogen) atoms. The van der Waals surface area contributed by atoms with Gasteiger partial charge in [0, 0.05) is 4.91 Å². The molecule has 5 atom stereocenters. The molecule has 0 amide bonds. The first-order chi connectivity index (χ1) is 25.3. The molecule has 0 unspecified atom stereocenters. The number of rotatable bonds is 15. The van der Waals surface area contributed by atoms with E-state index in [2.05, 4.69) is 116 Å². The predicted octanol–water partition coefficient (Wildman–Crippen LogP) is 8.49. The zero-order valence-electron chi connectivity index (χ0n) is 30.1. The van der Waals surface area contributed by atoms with Crippen molar-refractivity contribution in [2.75, 3.05) is 13.2 Å². The van der Waals surface area contributed by atoms with Gasteiger partial charge < -0.3 is 23.4 Å². The lowest BCUT2D eigenvalue weighted by Crippen LogP contribution is -2.68. The second kappa shape index (κ2) is 17.3. The van der Waals surface area contributed by atoms with Crippen LogP contribution in [0.3, 0.4) is 0 Å². The molecule has 1 saturated heterocycles. The van der Waals surface area contributed by atoms with Gasteiger partial charge in [-0.15, -0.1) is 6.58 Å². The molecule has 0 aromatic heterocycles. The van der Waals surface area contributed by atoms with Crippen molar-refractivity contribution >= 4 is 29.5 Å². The minimum atomic E-state index is -2.97. The normalized spacial score (nSPS) is 20.6. The molecule has 1 heterocycles. The van der Waals surface area contributed by atoms with Crippen LogP contribution in [0.5, 0.6) is 0 Å². The highest BCUT2D eigenvalue weighted by molar-refractivity contribution is 6.99. The summed E-state index contributed by atoms with van der Waals surface area (Å²) in [5.74, 6) is 0. The van der Waals surface area contributed by atoms with E-state index in [1.54, 1.807) is 6.08 Å². The molecular weight excluding hydrogens is 667 g/mol. The Bertz CT molecular complexity index is 1890. The van der Waals surface area contributed by atoms with E-state index in [1.807, 2.05) is 54.6 Å². The lowest BCUT2D eigenvalue weighted by atomic mass is 9.96. The summed E-state index contributed by atoms with van der Waals surface area (Å²) in [6, 6.07) is 44.6. The molecule has 1 aliphatic rings. The van der Waals surface area contributed by atoms with Crippen LogP contribution in [0.1, 0.15) is 31.9 Å². The first kappa shape index (κ1) is 37.2. The monoisotopic (exact) mass is 713 g/mol. The van der Waals surface area contributed by atoms with Crippen LogP contribution in [0.15, 0.2) is 151 Å². The quantitative estimate of drug-likeness (QED) is 0.0357. The van der Waals surface area contributed by atoms with Gasteiger partial charge in [0.15, 0.2) is 6.29 Å². The third-order valence-corrected chi connectivity index (χ3v) is 14.6. The van der Waals surface area contributed by atoms with Gasteiger partial charge in [0.2, 0.25) is 0 Å². The van der Waals surface area contributed by atoms with E-state index in [4.69, 9.17) is 23.4 Å². The first-order valence-corrected chi connectivity index (χ1v) is 19.7. The molecule has 5 aromatic carbocycles. The SMILES string of the molecule is C=CCO[C@@H]1O[C@@H](CO[Si](c2ccccc2)(c2ccccc2)C(C)(C)C)[C@H](OCc2ccc3ccccc3c2)[C@H](OCc2ccccc2)[C@H]1N=[N+]=[N-]. The highest BCUT2D eigenvalue weighted by atomic mass is 28.4. The van der Waals surface area contributed by atoms with E-state index < -0.39 is 39.0 Å². The number of hydrogen-bond acceptors (Lipinski definition) is 6. The Balaban J connectivity index is 1.41. The number of fused-ring (bicyclic) bond motifs is 1. The molecule has 0 radical (unpaired) electrons. The van der Waals surface area contributed by atoms with E-state index in [0.717, 1.165) is 32.3 Å². The van der Waals surface area contributed by atoms with Crippen molar-refractivity contribution in [3.8, 4) is 0 Å². The number of azide groups is 1. The summed E-state index contributed by atoms with van der Waals surface area (Å²) < 4.78 is 33.8. The van der Waals surface area contributed by atoms with Crippen molar-refractivity contribution < 1.29 is 23.4 Å². The van der Waals surface area contributed by atoms with E-state index in [9.17, 15) is 5.53 Å². The molecule has 8 nitrogen and oxygen atoms in total. The van der Waals surface area contributed by atoms with Crippen molar-refractivity contribution in [2.45, 2.75) is 69.7 Å². The third-order valence-electron chi connectivity index (χ3n) is 9.60. The molecule has 6 rings (SSSR count). The predicted molar refractivity (Wildman–Crippen MR) is 209 cm³/mol. The Hall–Kier alpha value is -4.57. The summed E-state index contributed by atoms with van der Waals surface area (Å²) >= 11 is 0. The molecule has 5 aromatic rings. The van der Waals surface area contributed by atoms with Crippen molar-refractivity contribution in [1.29, 1.82) is 0 Å². The van der Waals surface area contributed by atoms with E-state index >= 15 is 0 Å². The van der Waals surface area contributed by atoms with Crippen LogP contribution < -0.4 is 10.4 Å². The maximum absolute atomic E-state index is 9.79. The van der Waals surface area contributed by atoms with E-state index in [-0.39, 0.29) is 31.5 Å². The van der Waals surface area contributed by atoms with Crippen molar-refractivity contribution in [2.24, 2.45) is 5.11 Å². The van der Waals surface area contributed by atoms with Gasteiger partial charge in [-0.1, -0.05) is 159 Å². The van der Waals surface area contributed by atoms with Gasteiger partial charge in [0.05, 0.1) is 26.4 Å². The van der Waals surface area contributed by atoms with Crippen molar-refractivity contribution in [3.63, 3.8) is 0 Å². The van der Waals surface area contributed by atoms with E-state index in [0.29, 0.717) is 0 Å². The van der Waals surface area contributed by atoms with Gasteiger partial charge in [-0.25, -0.2) is 0 Å².